The normalized spacial score (nSPS) is 12.2. The Hall–Kier alpha value is -1.50. The number of alkyl carbamates (subject to hydrolysis) is 1. The number of hydrogen-bond donors (Lipinski definition) is 3. The van der Waals surface area contributed by atoms with Gasteiger partial charge >= 0.3 is 6.09 Å². The van der Waals surface area contributed by atoms with Crippen molar-refractivity contribution in [2.45, 2.75) is 53.6 Å². The predicted octanol–water partition coefficient (Wildman–Crippen LogP) is 1.80. The number of guanidine groups is 1. The van der Waals surface area contributed by atoms with Crippen LogP contribution >= 0.6 is 0 Å². The van der Waals surface area contributed by atoms with Gasteiger partial charge in [-0.1, -0.05) is 13.8 Å². The molecule has 0 fully saturated rings. The molecule has 0 aliphatic heterocycles. The van der Waals surface area contributed by atoms with E-state index in [1.807, 2.05) is 27.7 Å². The summed E-state index contributed by atoms with van der Waals surface area (Å²) in [5.41, 5.74) is -0.475. The predicted molar refractivity (Wildman–Crippen MR) is 101 cm³/mol. The number of amides is 1. The molecule has 7 nitrogen and oxygen atoms in total. The fourth-order valence-electron chi connectivity index (χ4n) is 2.05. The maximum Gasteiger partial charge on any atom is 0.407 e. The maximum absolute atomic E-state index is 11.6. The summed E-state index contributed by atoms with van der Waals surface area (Å²) in [6, 6.07) is 0. The summed E-state index contributed by atoms with van der Waals surface area (Å²) in [6.07, 6.45) is 0.760. The Bertz CT molecular complexity index is 366. The minimum absolute atomic E-state index is 0.399. The summed E-state index contributed by atoms with van der Waals surface area (Å²) in [5.74, 6) is 0.774. The van der Waals surface area contributed by atoms with Gasteiger partial charge in [0.05, 0.1) is 6.54 Å². The first kappa shape index (κ1) is 22.5. The number of likely N-dealkylation sites (N-methyl/N-ethyl adjacent to an activating group) is 1. The molecular weight excluding hydrogens is 306 g/mol. The van der Waals surface area contributed by atoms with Crippen LogP contribution in [0.25, 0.3) is 0 Å². The monoisotopic (exact) mass is 343 g/mol. The number of nitrogens with zero attached hydrogens (tertiary/aromatic N) is 2. The van der Waals surface area contributed by atoms with E-state index in [0.29, 0.717) is 13.1 Å². The van der Waals surface area contributed by atoms with Crippen LogP contribution in [-0.2, 0) is 4.74 Å². The van der Waals surface area contributed by atoms with Crippen LogP contribution in [0.1, 0.15) is 48.0 Å². The molecule has 0 aromatic carbocycles. The summed E-state index contributed by atoms with van der Waals surface area (Å²) in [5, 5.41) is 9.14. The molecule has 142 valence electrons. The molecule has 7 heteroatoms. The lowest BCUT2D eigenvalue weighted by Crippen LogP contribution is -2.42. The van der Waals surface area contributed by atoms with Gasteiger partial charge in [-0.15, -0.1) is 0 Å². The van der Waals surface area contributed by atoms with E-state index >= 15 is 0 Å². The highest BCUT2D eigenvalue weighted by Crippen LogP contribution is 2.05. The van der Waals surface area contributed by atoms with Crippen LogP contribution in [0.5, 0.6) is 0 Å². The second kappa shape index (κ2) is 12.9. The zero-order valence-corrected chi connectivity index (χ0v) is 16.4. The van der Waals surface area contributed by atoms with E-state index in [1.165, 1.54) is 0 Å². The van der Waals surface area contributed by atoms with Gasteiger partial charge in [0.15, 0.2) is 5.96 Å². The van der Waals surface area contributed by atoms with E-state index in [2.05, 4.69) is 39.7 Å². The molecule has 1 amide bonds. The van der Waals surface area contributed by atoms with E-state index in [1.54, 1.807) is 0 Å². The molecule has 0 saturated heterocycles. The minimum atomic E-state index is -0.475. The topological polar surface area (TPSA) is 78.0 Å². The Morgan fingerprint density at radius 2 is 1.71 bits per heavy atom. The molecule has 0 heterocycles. The second-order valence-electron chi connectivity index (χ2n) is 6.55. The SMILES string of the molecule is CCCN(CC)CCN=C(NCC)NCCNC(=O)OC(C)(C)C. The Kier molecular flexibility index (Phi) is 12.1. The lowest BCUT2D eigenvalue weighted by molar-refractivity contribution is 0.0529. The first-order chi connectivity index (χ1) is 11.3. The van der Waals surface area contributed by atoms with Crippen molar-refractivity contribution in [1.29, 1.82) is 0 Å². The van der Waals surface area contributed by atoms with Gasteiger partial charge in [-0.25, -0.2) is 4.79 Å². The lowest BCUT2D eigenvalue weighted by Gasteiger charge is -2.20. The van der Waals surface area contributed by atoms with Crippen LogP contribution in [0.3, 0.4) is 0 Å². The Morgan fingerprint density at radius 1 is 1.04 bits per heavy atom. The number of rotatable bonds is 10. The third-order valence-electron chi connectivity index (χ3n) is 3.10. The smallest absolute Gasteiger partial charge is 0.407 e. The highest BCUT2D eigenvalue weighted by atomic mass is 16.6. The Balaban J connectivity index is 4.10. The molecule has 0 rings (SSSR count). The summed E-state index contributed by atoms with van der Waals surface area (Å²) in [6.45, 7) is 17.7. The van der Waals surface area contributed by atoms with Gasteiger partial charge in [0.25, 0.3) is 0 Å². The molecule has 0 radical (unpaired) electrons. The van der Waals surface area contributed by atoms with Crippen LogP contribution < -0.4 is 16.0 Å². The first-order valence-corrected chi connectivity index (χ1v) is 9.03. The second-order valence-corrected chi connectivity index (χ2v) is 6.55. The molecule has 0 bridgehead atoms. The molecule has 24 heavy (non-hydrogen) atoms. The van der Waals surface area contributed by atoms with Crippen LogP contribution in [0, 0.1) is 0 Å². The number of hydrogen-bond acceptors (Lipinski definition) is 4. The zero-order chi connectivity index (χ0) is 18.4. The fraction of sp³-hybridized carbons (Fsp3) is 0.882. The van der Waals surface area contributed by atoms with Crippen LogP contribution in [-0.4, -0.2) is 68.4 Å². The van der Waals surface area contributed by atoms with Crippen molar-refractivity contribution in [1.82, 2.24) is 20.9 Å². The average Bonchev–Trinajstić information content (AvgIpc) is 2.48. The third-order valence-corrected chi connectivity index (χ3v) is 3.10. The van der Waals surface area contributed by atoms with Gasteiger partial charge in [-0.3, -0.25) is 4.99 Å². The highest BCUT2D eigenvalue weighted by molar-refractivity contribution is 5.79. The summed E-state index contributed by atoms with van der Waals surface area (Å²) >= 11 is 0. The highest BCUT2D eigenvalue weighted by Gasteiger charge is 2.15. The van der Waals surface area contributed by atoms with Crippen molar-refractivity contribution < 1.29 is 9.53 Å². The number of carbonyl (C=O) groups excluding carboxylic acids is 1. The van der Waals surface area contributed by atoms with E-state index in [9.17, 15) is 4.79 Å². The molecule has 0 unspecified atom stereocenters. The van der Waals surface area contributed by atoms with E-state index in [-0.39, 0.29) is 0 Å². The van der Waals surface area contributed by atoms with Gasteiger partial charge < -0.3 is 25.6 Å². The van der Waals surface area contributed by atoms with E-state index < -0.39 is 11.7 Å². The van der Waals surface area contributed by atoms with Crippen molar-refractivity contribution in [3.8, 4) is 0 Å². The molecule has 0 aromatic rings. The summed E-state index contributed by atoms with van der Waals surface area (Å²) in [4.78, 5) is 18.5. The quantitative estimate of drug-likeness (QED) is 0.320. The number of nitrogens with one attached hydrogen (secondary N) is 3. The van der Waals surface area contributed by atoms with Gasteiger partial charge in [0, 0.05) is 26.2 Å². The number of aliphatic imine (C=N–C) groups is 1. The van der Waals surface area contributed by atoms with Crippen LogP contribution in [0.4, 0.5) is 4.79 Å². The minimum Gasteiger partial charge on any atom is -0.444 e. The molecule has 0 atom stereocenters. The van der Waals surface area contributed by atoms with Crippen molar-refractivity contribution >= 4 is 12.1 Å². The van der Waals surface area contributed by atoms with Crippen molar-refractivity contribution in [3.05, 3.63) is 0 Å². The third kappa shape index (κ3) is 13.0. The van der Waals surface area contributed by atoms with E-state index in [0.717, 1.165) is 45.1 Å². The van der Waals surface area contributed by atoms with Crippen molar-refractivity contribution in [2.24, 2.45) is 4.99 Å². The van der Waals surface area contributed by atoms with Gasteiger partial charge in [0.2, 0.25) is 0 Å². The molecule has 0 aliphatic rings. The van der Waals surface area contributed by atoms with Crippen molar-refractivity contribution in [3.63, 3.8) is 0 Å². The zero-order valence-electron chi connectivity index (χ0n) is 16.4. The van der Waals surface area contributed by atoms with Gasteiger partial charge in [0.1, 0.15) is 5.60 Å². The Morgan fingerprint density at radius 3 is 2.25 bits per heavy atom. The molecule has 0 aromatic heterocycles. The summed E-state index contributed by atoms with van der Waals surface area (Å²) in [7, 11) is 0. The first-order valence-electron chi connectivity index (χ1n) is 9.03. The van der Waals surface area contributed by atoms with Crippen molar-refractivity contribution in [2.75, 3.05) is 45.8 Å². The van der Waals surface area contributed by atoms with Gasteiger partial charge in [-0.05, 0) is 47.2 Å². The molecule has 3 N–H and O–H groups in total. The standard InChI is InChI=1S/C17H37N5O2/c1-7-13-22(9-3)14-12-20-15(18-8-2)19-10-11-21-16(23)24-17(4,5)6/h7-14H2,1-6H3,(H,21,23)(H2,18,19,20). The van der Waals surface area contributed by atoms with Gasteiger partial charge in [-0.2, -0.15) is 0 Å². The largest absolute Gasteiger partial charge is 0.444 e. The number of carbonyl (C=O) groups is 1. The number of ether oxygens (including phenoxy) is 1. The fourth-order valence-corrected chi connectivity index (χ4v) is 2.05. The maximum atomic E-state index is 11.6. The van der Waals surface area contributed by atoms with E-state index in [4.69, 9.17) is 4.74 Å². The Labute approximate surface area is 147 Å². The summed E-state index contributed by atoms with van der Waals surface area (Å²) < 4.78 is 5.19. The average molecular weight is 344 g/mol. The van der Waals surface area contributed by atoms with Crippen LogP contribution in [0.15, 0.2) is 4.99 Å². The molecule has 0 aliphatic carbocycles. The molecule has 0 spiro atoms. The van der Waals surface area contributed by atoms with Crippen LogP contribution in [0.2, 0.25) is 0 Å². The molecular formula is C17H37N5O2. The molecule has 0 saturated carbocycles. The lowest BCUT2D eigenvalue weighted by atomic mass is 10.2.